The fraction of sp³-hybridized carbons (Fsp3) is 0.308. The van der Waals surface area contributed by atoms with E-state index in [2.05, 4.69) is 5.32 Å². The van der Waals surface area contributed by atoms with Gasteiger partial charge in [-0.05, 0) is 24.6 Å². The molecular formula is C13H15NO3. The molecule has 0 aliphatic carbocycles. The molecule has 2 N–H and O–H groups in total. The van der Waals surface area contributed by atoms with Gasteiger partial charge in [0.05, 0.1) is 12.7 Å². The zero-order valence-corrected chi connectivity index (χ0v) is 9.69. The van der Waals surface area contributed by atoms with E-state index < -0.39 is 5.97 Å². The van der Waals surface area contributed by atoms with Crippen molar-refractivity contribution in [2.45, 2.75) is 6.42 Å². The number of hydrogen-bond acceptors (Lipinski definition) is 3. The quantitative estimate of drug-likeness (QED) is 0.831. The molecule has 0 saturated carbocycles. The topological polar surface area (TPSA) is 58.6 Å². The van der Waals surface area contributed by atoms with E-state index in [0.717, 1.165) is 23.4 Å². The molecule has 90 valence electrons. The molecule has 0 atom stereocenters. The molecule has 0 unspecified atom stereocenters. The maximum absolute atomic E-state index is 11.2. The number of hydrogen-bond donors (Lipinski definition) is 2. The molecule has 1 aliphatic rings. The van der Waals surface area contributed by atoms with Gasteiger partial charge in [0, 0.05) is 12.1 Å². The first-order chi connectivity index (χ1) is 8.24. The summed E-state index contributed by atoms with van der Waals surface area (Å²) in [5.41, 5.74) is 2.18. The Bertz CT molecular complexity index is 465. The molecule has 0 amide bonds. The number of carboxylic acid groups (broad SMARTS) is 1. The first-order valence-corrected chi connectivity index (χ1v) is 5.53. The molecule has 0 spiro atoms. The first kappa shape index (κ1) is 11.7. The van der Waals surface area contributed by atoms with E-state index in [0.29, 0.717) is 18.5 Å². The van der Waals surface area contributed by atoms with E-state index in [9.17, 15) is 9.90 Å². The molecule has 17 heavy (non-hydrogen) atoms. The van der Waals surface area contributed by atoms with Gasteiger partial charge in [0.25, 0.3) is 0 Å². The predicted molar refractivity (Wildman–Crippen MR) is 65.0 cm³/mol. The molecule has 1 heterocycles. The fourth-order valence-corrected chi connectivity index (χ4v) is 2.08. The monoisotopic (exact) mass is 233 g/mol. The number of para-hydroxylation sites is 1. The van der Waals surface area contributed by atoms with E-state index in [-0.39, 0.29) is 0 Å². The van der Waals surface area contributed by atoms with Crippen molar-refractivity contribution in [2.75, 3.05) is 20.2 Å². The van der Waals surface area contributed by atoms with E-state index >= 15 is 0 Å². The zero-order valence-electron chi connectivity index (χ0n) is 9.69. The summed E-state index contributed by atoms with van der Waals surface area (Å²) in [5.74, 6) is -0.138. The van der Waals surface area contributed by atoms with Gasteiger partial charge in [-0.1, -0.05) is 18.2 Å². The van der Waals surface area contributed by atoms with Gasteiger partial charge in [0.1, 0.15) is 5.75 Å². The lowest BCUT2D eigenvalue weighted by atomic mass is 9.93. The highest BCUT2D eigenvalue weighted by Gasteiger charge is 2.21. The summed E-state index contributed by atoms with van der Waals surface area (Å²) in [6, 6.07) is 7.53. The molecule has 0 radical (unpaired) electrons. The average molecular weight is 233 g/mol. The number of carbonyl (C=O) groups is 1. The summed E-state index contributed by atoms with van der Waals surface area (Å²) >= 11 is 0. The molecule has 0 aromatic heterocycles. The number of aliphatic carboxylic acids is 1. The van der Waals surface area contributed by atoms with Gasteiger partial charge in [-0.15, -0.1) is 0 Å². The van der Waals surface area contributed by atoms with Crippen molar-refractivity contribution in [3.05, 3.63) is 35.4 Å². The lowest BCUT2D eigenvalue weighted by Crippen LogP contribution is -2.28. The summed E-state index contributed by atoms with van der Waals surface area (Å²) in [7, 11) is 1.60. The number of methoxy groups -OCH3 is 1. The van der Waals surface area contributed by atoms with Crippen LogP contribution in [0.1, 0.15) is 12.0 Å². The zero-order chi connectivity index (χ0) is 12.3. The summed E-state index contributed by atoms with van der Waals surface area (Å²) < 4.78 is 5.28. The first-order valence-electron chi connectivity index (χ1n) is 5.53. The van der Waals surface area contributed by atoms with Crippen LogP contribution in [0.25, 0.3) is 5.57 Å². The van der Waals surface area contributed by atoms with Crippen molar-refractivity contribution >= 4 is 11.5 Å². The highest BCUT2D eigenvalue weighted by molar-refractivity contribution is 5.98. The molecule has 1 aromatic carbocycles. The van der Waals surface area contributed by atoms with Crippen molar-refractivity contribution in [1.29, 1.82) is 0 Å². The van der Waals surface area contributed by atoms with Crippen LogP contribution in [-0.2, 0) is 4.79 Å². The second-order valence-corrected chi connectivity index (χ2v) is 3.89. The molecule has 2 rings (SSSR count). The standard InChI is InChI=1S/C13H15NO3/c1-17-12-5-3-2-4-10(12)9-6-7-14-8-11(9)13(15)16/h2-5,14H,6-8H2,1H3,(H,15,16). The third kappa shape index (κ3) is 2.31. The van der Waals surface area contributed by atoms with Crippen LogP contribution < -0.4 is 10.1 Å². The van der Waals surface area contributed by atoms with Gasteiger partial charge in [-0.2, -0.15) is 0 Å². The minimum absolute atomic E-state index is 0.405. The van der Waals surface area contributed by atoms with Gasteiger partial charge in [-0.3, -0.25) is 0 Å². The van der Waals surface area contributed by atoms with E-state index in [1.165, 1.54) is 0 Å². The highest BCUT2D eigenvalue weighted by Crippen LogP contribution is 2.31. The van der Waals surface area contributed by atoms with Crippen LogP contribution in [0.3, 0.4) is 0 Å². The van der Waals surface area contributed by atoms with Crippen LogP contribution in [0.5, 0.6) is 5.75 Å². The summed E-state index contributed by atoms with van der Waals surface area (Å²) in [6.45, 7) is 1.20. The van der Waals surface area contributed by atoms with Crippen LogP contribution in [0.4, 0.5) is 0 Å². The number of rotatable bonds is 3. The molecule has 0 fully saturated rings. The van der Waals surface area contributed by atoms with Gasteiger partial charge in [0.2, 0.25) is 0 Å². The maximum atomic E-state index is 11.2. The third-order valence-corrected chi connectivity index (χ3v) is 2.91. The van der Waals surface area contributed by atoms with E-state index in [4.69, 9.17) is 4.74 Å². The third-order valence-electron chi connectivity index (χ3n) is 2.91. The van der Waals surface area contributed by atoms with Gasteiger partial charge in [0.15, 0.2) is 0 Å². The number of benzene rings is 1. The van der Waals surface area contributed by atoms with Crippen LogP contribution >= 0.6 is 0 Å². The largest absolute Gasteiger partial charge is 0.496 e. The predicted octanol–water partition coefficient (Wildman–Crippen LogP) is 1.53. The molecule has 1 aromatic rings. The molecule has 0 saturated heterocycles. The Morgan fingerprint density at radius 3 is 2.88 bits per heavy atom. The number of ether oxygens (including phenoxy) is 1. The summed E-state index contributed by atoms with van der Waals surface area (Å²) in [5, 5.41) is 12.3. The summed E-state index contributed by atoms with van der Waals surface area (Å²) in [4.78, 5) is 11.2. The van der Waals surface area contributed by atoms with Crippen LogP contribution in [0, 0.1) is 0 Å². The Kier molecular flexibility index (Phi) is 3.44. The minimum atomic E-state index is -0.863. The lowest BCUT2D eigenvalue weighted by Gasteiger charge is -2.20. The Hall–Kier alpha value is -1.81. The molecule has 4 nitrogen and oxygen atoms in total. The van der Waals surface area contributed by atoms with Gasteiger partial charge >= 0.3 is 5.97 Å². The van der Waals surface area contributed by atoms with Crippen molar-refractivity contribution in [3.8, 4) is 5.75 Å². The molecular weight excluding hydrogens is 218 g/mol. The number of nitrogens with one attached hydrogen (secondary N) is 1. The molecule has 1 aliphatic heterocycles. The molecule has 4 heteroatoms. The van der Waals surface area contributed by atoms with Crippen molar-refractivity contribution < 1.29 is 14.6 Å². The van der Waals surface area contributed by atoms with E-state index in [1.807, 2.05) is 24.3 Å². The minimum Gasteiger partial charge on any atom is -0.496 e. The Morgan fingerprint density at radius 1 is 1.41 bits per heavy atom. The smallest absolute Gasteiger partial charge is 0.333 e. The van der Waals surface area contributed by atoms with Crippen molar-refractivity contribution in [1.82, 2.24) is 5.32 Å². The van der Waals surface area contributed by atoms with Crippen molar-refractivity contribution in [3.63, 3.8) is 0 Å². The van der Waals surface area contributed by atoms with Gasteiger partial charge in [-0.25, -0.2) is 4.79 Å². The molecule has 0 bridgehead atoms. The number of carboxylic acids is 1. The summed E-state index contributed by atoms with van der Waals surface area (Å²) in [6.07, 6.45) is 0.710. The maximum Gasteiger partial charge on any atom is 0.333 e. The SMILES string of the molecule is COc1ccccc1C1=C(C(=O)O)CNCC1. The normalized spacial score (nSPS) is 15.8. The van der Waals surface area contributed by atoms with Crippen molar-refractivity contribution in [2.24, 2.45) is 0 Å². The Labute approximate surface area is 99.9 Å². The van der Waals surface area contributed by atoms with E-state index in [1.54, 1.807) is 7.11 Å². The highest BCUT2D eigenvalue weighted by atomic mass is 16.5. The Balaban J connectivity index is 2.52. The second-order valence-electron chi connectivity index (χ2n) is 3.89. The second kappa shape index (κ2) is 5.01. The van der Waals surface area contributed by atoms with Gasteiger partial charge < -0.3 is 15.2 Å². The Morgan fingerprint density at radius 2 is 2.18 bits per heavy atom. The van der Waals surface area contributed by atoms with Crippen LogP contribution in [0.2, 0.25) is 0 Å². The van der Waals surface area contributed by atoms with Crippen LogP contribution in [-0.4, -0.2) is 31.3 Å². The fourth-order valence-electron chi connectivity index (χ4n) is 2.08. The average Bonchev–Trinajstić information content (AvgIpc) is 2.38. The lowest BCUT2D eigenvalue weighted by molar-refractivity contribution is -0.132. The van der Waals surface area contributed by atoms with Crippen LogP contribution in [0.15, 0.2) is 29.8 Å².